The summed E-state index contributed by atoms with van der Waals surface area (Å²) in [4.78, 5) is 18.1. The first-order valence-corrected chi connectivity index (χ1v) is 8.61. The Kier molecular flexibility index (Phi) is 3.41. The number of fused-ring (bicyclic) bond motifs is 1. The maximum absolute atomic E-state index is 12.8. The Morgan fingerprint density at radius 3 is 2.77 bits per heavy atom. The van der Waals surface area contributed by atoms with E-state index in [-0.39, 0.29) is 5.91 Å². The molecule has 2 aromatic rings. The lowest BCUT2D eigenvalue weighted by Crippen LogP contribution is -2.33. The molecule has 1 amide bonds. The molecular formula is C18H21ClN2O. The van der Waals surface area contributed by atoms with Crippen molar-refractivity contribution in [3.8, 4) is 0 Å². The van der Waals surface area contributed by atoms with Crippen LogP contribution in [0.3, 0.4) is 0 Å². The first-order valence-electron chi connectivity index (χ1n) is 8.23. The van der Waals surface area contributed by atoms with Crippen molar-refractivity contribution >= 4 is 28.4 Å². The second kappa shape index (κ2) is 5.31. The third kappa shape index (κ3) is 2.41. The van der Waals surface area contributed by atoms with Crippen molar-refractivity contribution in [3.63, 3.8) is 0 Å². The number of benzene rings is 1. The molecule has 2 heterocycles. The third-order valence-electron chi connectivity index (χ3n) is 5.45. The molecule has 1 saturated heterocycles. The number of hydrogen-bond acceptors (Lipinski definition) is 1. The van der Waals surface area contributed by atoms with Gasteiger partial charge in [-0.05, 0) is 42.9 Å². The summed E-state index contributed by atoms with van der Waals surface area (Å²) < 4.78 is 0. The van der Waals surface area contributed by atoms with Crippen molar-refractivity contribution in [3.05, 3.63) is 35.0 Å². The Bertz CT molecular complexity index is 715. The highest BCUT2D eigenvalue weighted by molar-refractivity contribution is 6.31. The van der Waals surface area contributed by atoms with E-state index in [4.69, 9.17) is 11.6 Å². The molecule has 116 valence electrons. The second-order valence-electron chi connectivity index (χ2n) is 6.95. The smallest absolute Gasteiger partial charge is 0.270 e. The van der Waals surface area contributed by atoms with Crippen molar-refractivity contribution in [2.24, 2.45) is 5.41 Å². The molecule has 0 radical (unpaired) electrons. The van der Waals surface area contributed by atoms with Gasteiger partial charge >= 0.3 is 0 Å². The number of carbonyl (C=O) groups excluding carboxylic acids is 1. The van der Waals surface area contributed by atoms with Gasteiger partial charge in [-0.2, -0.15) is 0 Å². The number of halogens is 1. The van der Waals surface area contributed by atoms with Crippen LogP contribution >= 0.6 is 11.6 Å². The summed E-state index contributed by atoms with van der Waals surface area (Å²) in [5, 5.41) is 1.73. The Balaban J connectivity index is 1.56. The fraction of sp³-hybridized carbons (Fsp3) is 0.500. The van der Waals surface area contributed by atoms with Gasteiger partial charge in [-0.25, -0.2) is 0 Å². The number of nitrogens with zero attached hydrogens (tertiary/aromatic N) is 1. The van der Waals surface area contributed by atoms with Gasteiger partial charge in [0.15, 0.2) is 0 Å². The topological polar surface area (TPSA) is 36.1 Å². The van der Waals surface area contributed by atoms with Gasteiger partial charge in [-0.1, -0.05) is 36.9 Å². The Hall–Kier alpha value is -1.48. The molecule has 1 saturated carbocycles. The van der Waals surface area contributed by atoms with Gasteiger partial charge in [0.2, 0.25) is 0 Å². The third-order valence-corrected chi connectivity index (χ3v) is 5.69. The molecule has 1 aliphatic carbocycles. The molecule has 1 spiro atoms. The molecule has 2 aliphatic rings. The van der Waals surface area contributed by atoms with Crippen LogP contribution in [0.4, 0.5) is 0 Å². The monoisotopic (exact) mass is 316 g/mol. The highest BCUT2D eigenvalue weighted by Gasteiger charge is 2.40. The molecule has 0 atom stereocenters. The van der Waals surface area contributed by atoms with Crippen LogP contribution in [0.25, 0.3) is 10.9 Å². The fourth-order valence-electron chi connectivity index (χ4n) is 4.20. The minimum Gasteiger partial charge on any atom is -0.350 e. The fourth-order valence-corrected chi connectivity index (χ4v) is 4.38. The molecule has 1 N–H and O–H groups in total. The van der Waals surface area contributed by atoms with Crippen molar-refractivity contribution < 1.29 is 4.79 Å². The highest BCUT2D eigenvalue weighted by atomic mass is 35.5. The molecule has 4 rings (SSSR count). The Morgan fingerprint density at radius 1 is 1.14 bits per heavy atom. The van der Waals surface area contributed by atoms with Gasteiger partial charge in [-0.15, -0.1) is 0 Å². The van der Waals surface area contributed by atoms with Gasteiger partial charge in [0.25, 0.3) is 5.91 Å². The number of H-pyrrole nitrogens is 1. The molecule has 4 heteroatoms. The van der Waals surface area contributed by atoms with E-state index in [1.165, 1.54) is 38.5 Å². The van der Waals surface area contributed by atoms with Crippen molar-refractivity contribution in [1.82, 2.24) is 9.88 Å². The van der Waals surface area contributed by atoms with Gasteiger partial charge in [0, 0.05) is 29.0 Å². The average Bonchev–Trinajstić information content (AvgIpc) is 3.11. The van der Waals surface area contributed by atoms with Crippen LogP contribution < -0.4 is 0 Å². The number of rotatable bonds is 1. The van der Waals surface area contributed by atoms with E-state index < -0.39 is 0 Å². The summed E-state index contributed by atoms with van der Waals surface area (Å²) in [5.41, 5.74) is 2.02. The lowest BCUT2D eigenvalue weighted by Gasteiger charge is -2.33. The zero-order valence-electron chi connectivity index (χ0n) is 12.7. The van der Waals surface area contributed by atoms with Crippen molar-refractivity contribution in [1.29, 1.82) is 0 Å². The molecular weight excluding hydrogens is 296 g/mol. The number of carbonyl (C=O) groups is 1. The number of likely N-dealkylation sites (tertiary alicyclic amines) is 1. The van der Waals surface area contributed by atoms with E-state index in [0.29, 0.717) is 16.1 Å². The zero-order chi connectivity index (χ0) is 15.2. The quantitative estimate of drug-likeness (QED) is 0.819. The van der Waals surface area contributed by atoms with Crippen LogP contribution in [-0.2, 0) is 0 Å². The van der Waals surface area contributed by atoms with E-state index in [1.807, 2.05) is 29.2 Å². The lowest BCUT2D eigenvalue weighted by atomic mass is 9.73. The summed E-state index contributed by atoms with van der Waals surface area (Å²) in [7, 11) is 0. The molecule has 1 aliphatic heterocycles. The van der Waals surface area contributed by atoms with Crippen LogP contribution in [0.2, 0.25) is 5.02 Å². The normalized spacial score (nSPS) is 20.9. The van der Waals surface area contributed by atoms with Gasteiger partial charge in [-0.3, -0.25) is 4.79 Å². The summed E-state index contributed by atoms with van der Waals surface area (Å²) in [6, 6.07) is 7.64. The molecule has 1 aromatic carbocycles. The standard InChI is InChI=1S/C18H21ClN2O/c19-14-5-4-13-10-16(20-15(13)11-14)17(22)21-9-8-18(12-21)6-2-1-3-7-18/h4-5,10-11,20H,1-3,6-9,12H2. The van der Waals surface area contributed by atoms with Crippen LogP contribution in [0.15, 0.2) is 24.3 Å². The first kappa shape index (κ1) is 14.1. The van der Waals surface area contributed by atoms with Gasteiger partial charge in [0.05, 0.1) is 0 Å². The minimum atomic E-state index is 0.134. The number of aromatic nitrogens is 1. The van der Waals surface area contributed by atoms with E-state index in [2.05, 4.69) is 4.98 Å². The SMILES string of the molecule is O=C(c1cc2ccc(Cl)cc2[nH]1)N1CCC2(CCCCC2)C1. The molecule has 3 nitrogen and oxygen atoms in total. The van der Waals surface area contributed by atoms with Gasteiger partial charge < -0.3 is 9.88 Å². The van der Waals surface area contributed by atoms with Crippen LogP contribution in [0, 0.1) is 5.41 Å². The largest absolute Gasteiger partial charge is 0.350 e. The predicted molar refractivity (Wildman–Crippen MR) is 89.3 cm³/mol. The first-order chi connectivity index (χ1) is 10.7. The summed E-state index contributed by atoms with van der Waals surface area (Å²) in [5.74, 6) is 0.134. The summed E-state index contributed by atoms with van der Waals surface area (Å²) in [6.07, 6.45) is 7.77. The second-order valence-corrected chi connectivity index (χ2v) is 7.39. The van der Waals surface area contributed by atoms with E-state index in [0.717, 1.165) is 24.0 Å². The maximum atomic E-state index is 12.8. The molecule has 0 bridgehead atoms. The lowest BCUT2D eigenvalue weighted by molar-refractivity contribution is 0.0754. The maximum Gasteiger partial charge on any atom is 0.270 e. The molecule has 22 heavy (non-hydrogen) atoms. The molecule has 0 unspecified atom stereocenters. The van der Waals surface area contributed by atoms with E-state index in [9.17, 15) is 4.79 Å². The number of hydrogen-bond donors (Lipinski definition) is 1. The highest BCUT2D eigenvalue weighted by Crippen LogP contribution is 2.43. The number of aromatic amines is 1. The Morgan fingerprint density at radius 2 is 1.95 bits per heavy atom. The summed E-state index contributed by atoms with van der Waals surface area (Å²) in [6.45, 7) is 1.83. The van der Waals surface area contributed by atoms with Crippen molar-refractivity contribution in [2.45, 2.75) is 38.5 Å². The number of nitrogens with one attached hydrogen (secondary N) is 1. The van der Waals surface area contributed by atoms with Crippen molar-refractivity contribution in [2.75, 3.05) is 13.1 Å². The number of amides is 1. The van der Waals surface area contributed by atoms with E-state index in [1.54, 1.807) is 0 Å². The zero-order valence-corrected chi connectivity index (χ0v) is 13.5. The predicted octanol–water partition coefficient (Wildman–Crippen LogP) is 4.62. The minimum absolute atomic E-state index is 0.134. The molecule has 1 aromatic heterocycles. The van der Waals surface area contributed by atoms with Gasteiger partial charge in [0.1, 0.15) is 5.69 Å². The summed E-state index contributed by atoms with van der Waals surface area (Å²) >= 11 is 6.02. The van der Waals surface area contributed by atoms with Crippen LogP contribution in [0.5, 0.6) is 0 Å². The average molecular weight is 317 g/mol. The van der Waals surface area contributed by atoms with Crippen LogP contribution in [0.1, 0.15) is 49.0 Å². The van der Waals surface area contributed by atoms with Crippen LogP contribution in [-0.4, -0.2) is 28.9 Å². The Labute approximate surface area is 135 Å². The molecule has 2 fully saturated rings. The van der Waals surface area contributed by atoms with E-state index >= 15 is 0 Å².